The Balaban J connectivity index is 2.39. The lowest BCUT2D eigenvalue weighted by molar-refractivity contribution is 0.416. The van der Waals surface area contributed by atoms with Crippen LogP contribution in [0.3, 0.4) is 0 Å². The molecule has 21 heavy (non-hydrogen) atoms. The molecule has 6 heteroatoms. The molecule has 0 bridgehead atoms. The van der Waals surface area contributed by atoms with E-state index in [1.165, 1.54) is 0 Å². The zero-order valence-electron chi connectivity index (χ0n) is 12.5. The Labute approximate surface area is 132 Å². The van der Waals surface area contributed by atoms with Crippen LogP contribution in [-0.2, 0) is 10.0 Å². The molecule has 0 saturated carbocycles. The molecule has 1 saturated heterocycles. The van der Waals surface area contributed by atoms with Crippen molar-refractivity contribution in [2.24, 2.45) is 11.7 Å². The molecule has 0 amide bonds. The molecular formula is C15H22N2O2S2. The van der Waals surface area contributed by atoms with Gasteiger partial charge in [0.15, 0.2) is 0 Å². The number of hydrogen-bond donors (Lipinski definition) is 1. The van der Waals surface area contributed by atoms with Crippen molar-refractivity contribution < 1.29 is 8.42 Å². The average Bonchev–Trinajstić information content (AvgIpc) is 2.64. The van der Waals surface area contributed by atoms with E-state index >= 15 is 0 Å². The summed E-state index contributed by atoms with van der Waals surface area (Å²) in [5, 5.41) is 0. The Morgan fingerprint density at radius 1 is 1.33 bits per heavy atom. The molecular weight excluding hydrogens is 304 g/mol. The van der Waals surface area contributed by atoms with E-state index < -0.39 is 10.0 Å². The number of rotatable bonds is 3. The van der Waals surface area contributed by atoms with Gasteiger partial charge in [-0.25, -0.2) is 8.42 Å². The molecule has 0 aliphatic carbocycles. The quantitative estimate of drug-likeness (QED) is 0.867. The molecule has 1 aliphatic heterocycles. The Kier molecular flexibility index (Phi) is 5.01. The fraction of sp³-hybridized carbons (Fsp3) is 0.533. The summed E-state index contributed by atoms with van der Waals surface area (Å²) in [7, 11) is -3.48. The van der Waals surface area contributed by atoms with Crippen molar-refractivity contribution in [3.05, 3.63) is 29.3 Å². The fourth-order valence-electron chi connectivity index (χ4n) is 2.65. The standard InChI is InChI=1S/C15H22N2O2S2/c1-11-4-3-8-17(9-7-11)21(18,19)14-10-13(15(16)20)6-5-12(14)2/h5-6,10-11H,3-4,7-9H2,1-2H3,(H2,16,20). The molecule has 1 heterocycles. The minimum Gasteiger partial charge on any atom is -0.389 e. The molecule has 1 unspecified atom stereocenters. The Hall–Kier alpha value is -0.980. The highest BCUT2D eigenvalue weighted by molar-refractivity contribution is 7.89. The van der Waals surface area contributed by atoms with Crippen LogP contribution in [0.15, 0.2) is 23.1 Å². The first kappa shape index (κ1) is 16.4. The Morgan fingerprint density at radius 3 is 2.71 bits per heavy atom. The molecule has 1 aliphatic rings. The molecule has 1 aromatic rings. The van der Waals surface area contributed by atoms with Gasteiger partial charge < -0.3 is 5.73 Å². The zero-order valence-corrected chi connectivity index (χ0v) is 14.1. The molecule has 0 spiro atoms. The molecule has 4 nitrogen and oxygen atoms in total. The number of hydrogen-bond acceptors (Lipinski definition) is 3. The number of thiocarbonyl (C=S) groups is 1. The van der Waals surface area contributed by atoms with Gasteiger partial charge in [0.25, 0.3) is 0 Å². The summed E-state index contributed by atoms with van der Waals surface area (Å²) in [6.45, 7) is 5.15. The van der Waals surface area contributed by atoms with Gasteiger partial charge in [-0.3, -0.25) is 0 Å². The number of sulfonamides is 1. The number of nitrogens with two attached hydrogens (primary N) is 1. The maximum absolute atomic E-state index is 12.9. The Bertz CT molecular complexity index is 641. The minimum absolute atomic E-state index is 0.218. The Morgan fingerprint density at radius 2 is 2.05 bits per heavy atom. The van der Waals surface area contributed by atoms with E-state index in [9.17, 15) is 8.42 Å². The van der Waals surface area contributed by atoms with Crippen LogP contribution >= 0.6 is 12.2 Å². The van der Waals surface area contributed by atoms with E-state index in [2.05, 4.69) is 6.92 Å². The van der Waals surface area contributed by atoms with E-state index in [0.29, 0.717) is 29.5 Å². The van der Waals surface area contributed by atoms with E-state index in [1.54, 1.807) is 29.4 Å². The first-order valence-corrected chi connectivity index (χ1v) is 9.08. The van der Waals surface area contributed by atoms with Gasteiger partial charge in [-0.1, -0.05) is 31.3 Å². The van der Waals surface area contributed by atoms with Crippen LogP contribution < -0.4 is 5.73 Å². The van der Waals surface area contributed by atoms with Gasteiger partial charge in [0.05, 0.1) is 4.90 Å². The summed E-state index contributed by atoms with van der Waals surface area (Å²) in [6.07, 6.45) is 2.90. The van der Waals surface area contributed by atoms with Crippen LogP contribution in [0.2, 0.25) is 0 Å². The van der Waals surface area contributed by atoms with Crippen LogP contribution in [0.5, 0.6) is 0 Å². The topological polar surface area (TPSA) is 63.4 Å². The summed E-state index contributed by atoms with van der Waals surface area (Å²) in [6, 6.07) is 5.13. The predicted octanol–water partition coefficient (Wildman–Crippen LogP) is 2.44. The first-order chi connectivity index (χ1) is 9.82. The number of nitrogens with zero attached hydrogens (tertiary/aromatic N) is 1. The van der Waals surface area contributed by atoms with Crippen LogP contribution in [-0.4, -0.2) is 30.8 Å². The third-order valence-corrected chi connectivity index (χ3v) is 6.34. The van der Waals surface area contributed by atoms with Crippen molar-refractivity contribution in [2.45, 2.75) is 38.0 Å². The average molecular weight is 326 g/mol. The highest BCUT2D eigenvalue weighted by atomic mass is 32.2. The summed E-state index contributed by atoms with van der Waals surface area (Å²) in [5.74, 6) is 0.578. The van der Waals surface area contributed by atoms with Crippen LogP contribution in [0.25, 0.3) is 0 Å². The molecule has 2 rings (SSSR count). The number of aryl methyl sites for hydroxylation is 1. The molecule has 0 radical (unpaired) electrons. The molecule has 1 atom stereocenters. The summed E-state index contributed by atoms with van der Waals surface area (Å²) in [4.78, 5) is 0.540. The molecule has 1 fully saturated rings. The normalized spacial score (nSPS) is 21.0. The van der Waals surface area contributed by atoms with Crippen molar-refractivity contribution >= 4 is 27.2 Å². The monoisotopic (exact) mass is 326 g/mol. The lowest BCUT2D eigenvalue weighted by atomic mass is 10.0. The maximum atomic E-state index is 12.9. The minimum atomic E-state index is -3.48. The highest BCUT2D eigenvalue weighted by Gasteiger charge is 2.28. The van der Waals surface area contributed by atoms with Crippen LogP contribution in [0.4, 0.5) is 0 Å². The van der Waals surface area contributed by atoms with Crippen molar-refractivity contribution in [3.8, 4) is 0 Å². The van der Waals surface area contributed by atoms with E-state index in [4.69, 9.17) is 18.0 Å². The highest BCUT2D eigenvalue weighted by Crippen LogP contribution is 2.25. The van der Waals surface area contributed by atoms with Crippen molar-refractivity contribution in [2.75, 3.05) is 13.1 Å². The second-order valence-corrected chi connectivity index (χ2v) is 8.13. The predicted molar refractivity (Wildman–Crippen MR) is 88.8 cm³/mol. The third kappa shape index (κ3) is 3.62. The van der Waals surface area contributed by atoms with Gasteiger partial charge in [0.2, 0.25) is 10.0 Å². The molecule has 2 N–H and O–H groups in total. The van der Waals surface area contributed by atoms with Gasteiger partial charge in [-0.05, 0) is 43.7 Å². The SMILES string of the molecule is Cc1ccc(C(N)=S)cc1S(=O)(=O)N1CCCC(C)CC1. The lowest BCUT2D eigenvalue weighted by Crippen LogP contribution is -2.32. The zero-order chi connectivity index (χ0) is 15.6. The fourth-order valence-corrected chi connectivity index (χ4v) is 4.52. The second-order valence-electron chi connectivity index (χ2n) is 5.78. The van der Waals surface area contributed by atoms with E-state index in [1.807, 2.05) is 0 Å². The van der Waals surface area contributed by atoms with E-state index in [-0.39, 0.29) is 4.99 Å². The summed E-state index contributed by atoms with van der Waals surface area (Å²) < 4.78 is 27.4. The van der Waals surface area contributed by atoms with Gasteiger partial charge in [0, 0.05) is 18.7 Å². The largest absolute Gasteiger partial charge is 0.389 e. The van der Waals surface area contributed by atoms with Gasteiger partial charge in [-0.2, -0.15) is 4.31 Å². The van der Waals surface area contributed by atoms with Crippen LogP contribution in [0, 0.1) is 12.8 Å². The van der Waals surface area contributed by atoms with Gasteiger partial charge in [-0.15, -0.1) is 0 Å². The first-order valence-electron chi connectivity index (χ1n) is 7.23. The maximum Gasteiger partial charge on any atom is 0.243 e. The van der Waals surface area contributed by atoms with Crippen molar-refractivity contribution in [1.82, 2.24) is 4.31 Å². The van der Waals surface area contributed by atoms with Crippen molar-refractivity contribution in [3.63, 3.8) is 0 Å². The van der Waals surface area contributed by atoms with E-state index in [0.717, 1.165) is 24.8 Å². The lowest BCUT2D eigenvalue weighted by Gasteiger charge is -2.21. The van der Waals surface area contributed by atoms with Crippen molar-refractivity contribution in [1.29, 1.82) is 0 Å². The molecule has 116 valence electrons. The smallest absolute Gasteiger partial charge is 0.243 e. The summed E-state index contributed by atoms with van der Waals surface area (Å²) >= 11 is 4.95. The van der Waals surface area contributed by atoms with Gasteiger partial charge >= 0.3 is 0 Å². The molecule has 1 aromatic carbocycles. The molecule has 0 aromatic heterocycles. The second kappa shape index (κ2) is 6.42. The van der Waals surface area contributed by atoms with Crippen LogP contribution in [0.1, 0.15) is 37.3 Å². The number of benzene rings is 1. The van der Waals surface area contributed by atoms with Gasteiger partial charge in [0.1, 0.15) is 4.99 Å². The summed E-state index contributed by atoms with van der Waals surface area (Å²) in [5.41, 5.74) is 6.94. The third-order valence-electron chi connectivity index (χ3n) is 4.07.